The summed E-state index contributed by atoms with van der Waals surface area (Å²) < 4.78 is 15.8. The van der Waals surface area contributed by atoms with Crippen molar-refractivity contribution in [1.82, 2.24) is 5.32 Å². The maximum Gasteiger partial charge on any atom is 0.407 e. The van der Waals surface area contributed by atoms with E-state index < -0.39 is 19.9 Å². The van der Waals surface area contributed by atoms with Crippen molar-refractivity contribution in [1.29, 1.82) is 0 Å². The number of carbonyl (C=O) groups excluding carboxylic acids is 1. The van der Waals surface area contributed by atoms with E-state index in [0.717, 1.165) is 16.7 Å². The fourth-order valence-corrected chi connectivity index (χ4v) is 2.45. The van der Waals surface area contributed by atoms with Crippen LogP contribution in [0.2, 0.25) is 0 Å². The normalized spacial score (nSPS) is 11.0. The molecule has 2 aromatic carbocycles. The summed E-state index contributed by atoms with van der Waals surface area (Å²) >= 11 is 0. The number of hydrogen-bond donors (Lipinski definition) is 3. The van der Waals surface area contributed by atoms with Crippen molar-refractivity contribution < 1.29 is 23.9 Å². The third kappa shape index (κ3) is 5.87. The second-order valence-electron chi connectivity index (χ2n) is 4.91. The summed E-state index contributed by atoms with van der Waals surface area (Å²) in [6.07, 6.45) is -1.12. The topological polar surface area (TPSA) is 95.9 Å². The van der Waals surface area contributed by atoms with Gasteiger partial charge in [0.15, 0.2) is 0 Å². The van der Waals surface area contributed by atoms with Gasteiger partial charge in [0.1, 0.15) is 6.61 Å². The molecular weight excluding hydrogens is 317 g/mol. The predicted molar refractivity (Wildman–Crippen MR) is 87.0 cm³/mol. The number of nitrogens with one attached hydrogen (secondary N) is 1. The van der Waals surface area contributed by atoms with Gasteiger partial charge in [0.25, 0.3) is 0 Å². The molecule has 3 N–H and O–H groups in total. The van der Waals surface area contributed by atoms with Crippen molar-refractivity contribution in [2.45, 2.75) is 6.61 Å². The number of hydrogen-bond acceptors (Lipinski definition) is 3. The summed E-state index contributed by atoms with van der Waals surface area (Å²) in [6.45, 7) is -0.0593. The Morgan fingerprint density at radius 1 is 1.04 bits per heavy atom. The van der Waals surface area contributed by atoms with Crippen LogP contribution in [-0.2, 0) is 15.9 Å². The summed E-state index contributed by atoms with van der Waals surface area (Å²) in [5.74, 6) is 0. The number of rotatable bonds is 6. The Morgan fingerprint density at radius 3 is 2.39 bits per heavy atom. The molecule has 0 fully saturated rings. The molecule has 23 heavy (non-hydrogen) atoms. The Balaban J connectivity index is 1.94. The third-order valence-electron chi connectivity index (χ3n) is 3.13. The molecule has 0 aliphatic carbocycles. The van der Waals surface area contributed by atoms with Gasteiger partial charge in [0.05, 0.1) is 6.16 Å². The van der Waals surface area contributed by atoms with Crippen molar-refractivity contribution in [3.05, 3.63) is 60.2 Å². The van der Waals surface area contributed by atoms with E-state index in [-0.39, 0.29) is 13.2 Å². The van der Waals surface area contributed by atoms with Crippen molar-refractivity contribution in [3.8, 4) is 11.1 Å². The first-order chi connectivity index (χ1) is 11.0. The van der Waals surface area contributed by atoms with E-state index in [0.29, 0.717) is 0 Å². The molecule has 1 amide bonds. The Hall–Kier alpha value is -2.14. The number of carbonyl (C=O) groups is 1. The molecule has 0 unspecified atom stereocenters. The first-order valence-corrected chi connectivity index (χ1v) is 8.84. The largest absolute Gasteiger partial charge is 0.445 e. The van der Waals surface area contributed by atoms with Crippen LogP contribution in [0.25, 0.3) is 11.1 Å². The van der Waals surface area contributed by atoms with Gasteiger partial charge in [-0.3, -0.25) is 4.57 Å². The minimum atomic E-state index is -4.12. The fourth-order valence-electron chi connectivity index (χ4n) is 2.04. The molecule has 6 nitrogen and oxygen atoms in total. The number of alkyl carbamates (subject to hydrolysis) is 1. The minimum Gasteiger partial charge on any atom is -0.445 e. The molecule has 0 spiro atoms. The third-order valence-corrected chi connectivity index (χ3v) is 3.94. The Bertz CT molecular complexity index is 699. The van der Waals surface area contributed by atoms with Crippen molar-refractivity contribution in [2.24, 2.45) is 0 Å². The van der Waals surface area contributed by atoms with Crippen LogP contribution in [0.1, 0.15) is 5.56 Å². The highest BCUT2D eigenvalue weighted by molar-refractivity contribution is 7.51. The van der Waals surface area contributed by atoms with Gasteiger partial charge in [-0.1, -0.05) is 54.6 Å². The Morgan fingerprint density at radius 2 is 1.70 bits per heavy atom. The van der Waals surface area contributed by atoms with Gasteiger partial charge in [0, 0.05) is 6.54 Å². The Labute approximate surface area is 134 Å². The highest BCUT2D eigenvalue weighted by Gasteiger charge is 2.13. The average Bonchev–Trinajstić information content (AvgIpc) is 2.53. The molecule has 0 bridgehead atoms. The van der Waals surface area contributed by atoms with Gasteiger partial charge in [-0.25, -0.2) is 4.79 Å². The number of amides is 1. The summed E-state index contributed by atoms with van der Waals surface area (Å²) in [6, 6.07) is 17.3. The second-order valence-corrected chi connectivity index (χ2v) is 6.69. The number of ether oxygens (including phenoxy) is 1. The van der Waals surface area contributed by atoms with E-state index >= 15 is 0 Å². The second kappa shape index (κ2) is 7.92. The van der Waals surface area contributed by atoms with E-state index in [4.69, 9.17) is 14.5 Å². The van der Waals surface area contributed by atoms with E-state index in [9.17, 15) is 9.36 Å². The van der Waals surface area contributed by atoms with Crippen LogP contribution in [0.3, 0.4) is 0 Å². The predicted octanol–water partition coefficient (Wildman–Crippen LogP) is 2.76. The zero-order valence-electron chi connectivity index (χ0n) is 12.4. The van der Waals surface area contributed by atoms with Crippen LogP contribution < -0.4 is 5.32 Å². The van der Waals surface area contributed by atoms with E-state index in [1.807, 2.05) is 54.6 Å². The molecule has 0 aliphatic rings. The van der Waals surface area contributed by atoms with Crippen LogP contribution in [0.15, 0.2) is 54.6 Å². The summed E-state index contributed by atoms with van der Waals surface area (Å²) in [5.41, 5.74) is 2.84. The van der Waals surface area contributed by atoms with E-state index in [1.165, 1.54) is 0 Å². The molecule has 2 aromatic rings. The molecule has 2 rings (SSSR count). The van der Waals surface area contributed by atoms with Crippen LogP contribution in [0.5, 0.6) is 0 Å². The molecule has 0 aliphatic heterocycles. The van der Waals surface area contributed by atoms with Gasteiger partial charge in [-0.05, 0) is 16.7 Å². The lowest BCUT2D eigenvalue weighted by atomic mass is 10.0. The maximum absolute atomic E-state index is 11.6. The van der Waals surface area contributed by atoms with Crippen LogP contribution in [0.4, 0.5) is 4.79 Å². The van der Waals surface area contributed by atoms with Crippen molar-refractivity contribution >= 4 is 13.7 Å². The van der Waals surface area contributed by atoms with Gasteiger partial charge in [0.2, 0.25) is 0 Å². The van der Waals surface area contributed by atoms with Crippen LogP contribution in [-0.4, -0.2) is 28.6 Å². The van der Waals surface area contributed by atoms with Gasteiger partial charge in [-0.2, -0.15) is 0 Å². The van der Waals surface area contributed by atoms with E-state index in [1.54, 1.807) is 0 Å². The first-order valence-electron chi connectivity index (χ1n) is 7.04. The molecule has 0 aromatic heterocycles. The zero-order valence-corrected chi connectivity index (χ0v) is 13.3. The Kier molecular flexibility index (Phi) is 5.93. The number of benzene rings is 2. The quantitative estimate of drug-likeness (QED) is 0.706. The highest BCUT2D eigenvalue weighted by Crippen LogP contribution is 2.32. The molecule has 0 radical (unpaired) electrons. The molecule has 0 saturated carbocycles. The van der Waals surface area contributed by atoms with Crippen molar-refractivity contribution in [3.63, 3.8) is 0 Å². The molecule has 7 heteroatoms. The van der Waals surface area contributed by atoms with Crippen molar-refractivity contribution in [2.75, 3.05) is 12.7 Å². The van der Waals surface area contributed by atoms with E-state index in [2.05, 4.69) is 5.32 Å². The monoisotopic (exact) mass is 335 g/mol. The minimum absolute atomic E-state index is 0.0762. The smallest absolute Gasteiger partial charge is 0.407 e. The lowest BCUT2D eigenvalue weighted by Crippen LogP contribution is -2.27. The zero-order chi connectivity index (χ0) is 16.7. The van der Waals surface area contributed by atoms with Crippen LogP contribution >= 0.6 is 7.60 Å². The standard InChI is InChI=1S/C16H18NO5P/c18-16(17-10-11-23(19,20)21)22-12-14-8-4-5-9-15(14)13-6-2-1-3-7-13/h1-9H,10-12H2,(H,17,18)(H2,19,20,21). The molecule has 0 saturated heterocycles. The fraction of sp³-hybridized carbons (Fsp3) is 0.188. The summed E-state index contributed by atoms with van der Waals surface area (Å²) in [5, 5.41) is 2.32. The lowest BCUT2D eigenvalue weighted by Gasteiger charge is -2.11. The SMILES string of the molecule is O=C(NCCP(=O)(O)O)OCc1ccccc1-c1ccccc1. The highest BCUT2D eigenvalue weighted by atomic mass is 31.2. The van der Waals surface area contributed by atoms with Gasteiger partial charge in [-0.15, -0.1) is 0 Å². The lowest BCUT2D eigenvalue weighted by molar-refractivity contribution is 0.140. The summed E-state index contributed by atoms with van der Waals surface area (Å²) in [4.78, 5) is 29.0. The van der Waals surface area contributed by atoms with Gasteiger partial charge >= 0.3 is 13.7 Å². The molecule has 0 heterocycles. The molecular formula is C16H18NO5P. The average molecular weight is 335 g/mol. The first kappa shape index (κ1) is 17.2. The molecule has 122 valence electrons. The van der Waals surface area contributed by atoms with Gasteiger partial charge < -0.3 is 19.8 Å². The summed E-state index contributed by atoms with van der Waals surface area (Å²) in [7, 11) is -4.12. The maximum atomic E-state index is 11.6. The molecule has 0 atom stereocenters. The van der Waals surface area contributed by atoms with Crippen LogP contribution in [0, 0.1) is 0 Å².